The molecule has 4 aliphatic rings. The number of fused-ring (bicyclic) bond motifs is 3. The van der Waals surface area contributed by atoms with Crippen molar-refractivity contribution in [1.29, 1.82) is 10.7 Å². The largest absolute Gasteiger partial charge is 0.389 e. The third kappa shape index (κ3) is 10.4. The summed E-state index contributed by atoms with van der Waals surface area (Å²) in [5, 5.41) is 37.1. The summed E-state index contributed by atoms with van der Waals surface area (Å²) in [5.41, 5.74) is 8.51. The minimum absolute atomic E-state index is 0.00211. The summed E-state index contributed by atoms with van der Waals surface area (Å²) in [6.45, 7) is 15.1. The van der Waals surface area contributed by atoms with Crippen LogP contribution in [0.2, 0.25) is 0 Å². The van der Waals surface area contributed by atoms with E-state index in [0.29, 0.717) is 49.7 Å². The number of nitrogens with zero attached hydrogens (tertiary/aromatic N) is 7. The van der Waals surface area contributed by atoms with E-state index in [1.807, 2.05) is 36.4 Å². The average Bonchev–Trinajstić information content (AvgIpc) is 4.16. The predicted octanol–water partition coefficient (Wildman–Crippen LogP) is 3.78. The highest BCUT2D eigenvalue weighted by Gasteiger charge is 2.62. The average molecular weight is 914 g/mol. The van der Waals surface area contributed by atoms with Gasteiger partial charge in [-0.05, 0) is 81.6 Å². The maximum Gasteiger partial charge on any atom is 0.272 e. The SMILES string of the molecule is Cc1nc(C(=N)/C=C\NC[C@H](C)NC(=O)c2cc(COCCCN3CCN(CC4=CC5(C)C6CC[C@@H](C(=O)NCc7ccc(-c8scnc8C)cc7)N6C(=O)[C@H]5N4)CC3)[nH]n2)ccc1C#N. The fourth-order valence-electron chi connectivity index (χ4n) is 9.53. The topological polar surface area (TPSA) is 220 Å². The summed E-state index contributed by atoms with van der Waals surface area (Å²) in [5.74, 6) is -0.356. The first kappa shape index (κ1) is 46.3. The monoisotopic (exact) mass is 913 g/mol. The Kier molecular flexibility index (Phi) is 14.4. The Morgan fingerprint density at radius 1 is 1.09 bits per heavy atom. The Bertz CT molecular complexity index is 2520. The molecule has 3 saturated heterocycles. The number of pyridine rings is 1. The molecular weight excluding hydrogens is 855 g/mol. The van der Waals surface area contributed by atoms with Gasteiger partial charge in [0.25, 0.3) is 5.91 Å². The van der Waals surface area contributed by atoms with E-state index in [1.54, 1.807) is 48.7 Å². The normalized spacial score (nSPS) is 22.1. The molecule has 3 amide bonds. The number of piperazine rings is 1. The number of hydrogen-bond acceptors (Lipinski definition) is 14. The molecule has 2 unspecified atom stereocenters. The molecule has 0 spiro atoms. The number of thiazole rings is 1. The number of ether oxygens (including phenoxy) is 1. The highest BCUT2D eigenvalue weighted by molar-refractivity contribution is 7.13. The fraction of sp³-hybridized carbons (Fsp3) is 0.458. The number of aryl methyl sites for hydroxylation is 2. The van der Waals surface area contributed by atoms with Gasteiger partial charge in [-0.25, -0.2) is 4.98 Å². The summed E-state index contributed by atoms with van der Waals surface area (Å²) in [4.78, 5) is 56.7. The van der Waals surface area contributed by atoms with Crippen molar-refractivity contribution in [2.24, 2.45) is 5.41 Å². The molecule has 5 atom stereocenters. The molecule has 66 heavy (non-hydrogen) atoms. The lowest BCUT2D eigenvalue weighted by molar-refractivity contribution is -0.137. The molecule has 18 heteroatoms. The zero-order chi connectivity index (χ0) is 46.4. The lowest BCUT2D eigenvalue weighted by atomic mass is 9.79. The molecule has 17 nitrogen and oxygen atoms in total. The Morgan fingerprint density at radius 2 is 1.88 bits per heavy atom. The van der Waals surface area contributed by atoms with Crippen molar-refractivity contribution in [1.82, 2.24) is 56.1 Å². The van der Waals surface area contributed by atoms with Crippen molar-refractivity contribution in [2.45, 2.75) is 84.3 Å². The van der Waals surface area contributed by atoms with Crippen LogP contribution in [0.1, 0.15) is 77.5 Å². The second-order valence-electron chi connectivity index (χ2n) is 17.9. The quantitative estimate of drug-likeness (QED) is 0.0585. The van der Waals surface area contributed by atoms with Crippen LogP contribution >= 0.6 is 11.3 Å². The van der Waals surface area contributed by atoms with E-state index in [2.05, 4.69) is 82.4 Å². The highest BCUT2D eigenvalue weighted by Crippen LogP contribution is 2.49. The van der Waals surface area contributed by atoms with Gasteiger partial charge in [-0.1, -0.05) is 37.3 Å². The first-order valence-corrected chi connectivity index (χ1v) is 23.6. The number of carbonyl (C=O) groups is 3. The third-order valence-electron chi connectivity index (χ3n) is 13.2. The Balaban J connectivity index is 0.694. The van der Waals surface area contributed by atoms with Crippen LogP contribution in [-0.2, 0) is 27.5 Å². The maximum absolute atomic E-state index is 13.9. The number of rotatable bonds is 19. The predicted molar refractivity (Wildman–Crippen MR) is 251 cm³/mol. The van der Waals surface area contributed by atoms with Gasteiger partial charge in [0.1, 0.15) is 23.8 Å². The van der Waals surface area contributed by atoms with E-state index in [0.717, 1.165) is 85.2 Å². The van der Waals surface area contributed by atoms with E-state index in [-0.39, 0.29) is 52.7 Å². The van der Waals surface area contributed by atoms with Gasteiger partial charge in [-0.15, -0.1) is 11.3 Å². The second-order valence-corrected chi connectivity index (χ2v) is 18.8. The minimum Gasteiger partial charge on any atom is -0.389 e. The first-order valence-electron chi connectivity index (χ1n) is 22.7. The van der Waals surface area contributed by atoms with Crippen LogP contribution in [0.15, 0.2) is 72.0 Å². The molecule has 0 radical (unpaired) electrons. The van der Waals surface area contributed by atoms with Crippen molar-refractivity contribution >= 4 is 34.8 Å². The van der Waals surface area contributed by atoms with Crippen molar-refractivity contribution in [2.75, 3.05) is 52.4 Å². The van der Waals surface area contributed by atoms with Crippen molar-refractivity contribution in [3.05, 3.63) is 112 Å². The zero-order valence-corrected chi connectivity index (χ0v) is 38.8. The molecule has 0 aliphatic carbocycles. The molecule has 6 N–H and O–H groups in total. The van der Waals surface area contributed by atoms with Gasteiger partial charge in [0, 0.05) is 82.2 Å². The summed E-state index contributed by atoms with van der Waals surface area (Å²) < 4.78 is 5.92. The Labute approximate surface area is 389 Å². The van der Waals surface area contributed by atoms with Crippen LogP contribution in [0.5, 0.6) is 0 Å². The van der Waals surface area contributed by atoms with E-state index < -0.39 is 6.04 Å². The first-order chi connectivity index (χ1) is 31.9. The van der Waals surface area contributed by atoms with Crippen LogP contribution in [0, 0.1) is 36.0 Å². The molecule has 346 valence electrons. The van der Waals surface area contributed by atoms with Gasteiger partial charge < -0.3 is 35.8 Å². The smallest absolute Gasteiger partial charge is 0.272 e. The van der Waals surface area contributed by atoms with Gasteiger partial charge in [0.2, 0.25) is 11.8 Å². The van der Waals surface area contributed by atoms with Gasteiger partial charge >= 0.3 is 0 Å². The van der Waals surface area contributed by atoms with E-state index in [1.165, 1.54) is 0 Å². The van der Waals surface area contributed by atoms with Crippen molar-refractivity contribution in [3.8, 4) is 16.5 Å². The van der Waals surface area contributed by atoms with Gasteiger partial charge in [-0.3, -0.25) is 34.8 Å². The van der Waals surface area contributed by atoms with Crippen LogP contribution < -0.4 is 21.3 Å². The molecule has 4 aliphatic heterocycles. The number of aromatic amines is 1. The summed E-state index contributed by atoms with van der Waals surface area (Å²) in [7, 11) is 0. The van der Waals surface area contributed by atoms with Gasteiger partial charge in [-0.2, -0.15) is 10.4 Å². The molecule has 8 rings (SSSR count). The number of amides is 3. The highest BCUT2D eigenvalue weighted by atomic mass is 32.1. The Morgan fingerprint density at radius 3 is 2.62 bits per heavy atom. The lowest BCUT2D eigenvalue weighted by Crippen LogP contribution is -2.49. The van der Waals surface area contributed by atoms with Crippen molar-refractivity contribution < 1.29 is 19.1 Å². The summed E-state index contributed by atoms with van der Waals surface area (Å²) in [6, 6.07) is 14.3. The number of nitriles is 1. The summed E-state index contributed by atoms with van der Waals surface area (Å²) >= 11 is 1.62. The molecule has 1 aromatic carbocycles. The zero-order valence-electron chi connectivity index (χ0n) is 38.0. The second kappa shape index (κ2) is 20.5. The molecular formula is C48H59N13O4S. The van der Waals surface area contributed by atoms with Crippen LogP contribution in [0.25, 0.3) is 10.4 Å². The van der Waals surface area contributed by atoms with E-state index in [9.17, 15) is 14.4 Å². The van der Waals surface area contributed by atoms with Crippen LogP contribution in [0.4, 0.5) is 0 Å². The molecule has 0 bridgehead atoms. The number of aromatic nitrogens is 4. The molecule has 3 fully saturated rings. The number of H-pyrrole nitrogens is 1. The Hall–Kier alpha value is -6.26. The fourth-order valence-corrected chi connectivity index (χ4v) is 10.3. The molecule has 3 aromatic heterocycles. The molecule has 7 heterocycles. The molecule has 0 saturated carbocycles. The number of allylic oxidation sites excluding steroid dienone is 1. The van der Waals surface area contributed by atoms with Gasteiger partial charge in [0.15, 0.2) is 0 Å². The van der Waals surface area contributed by atoms with Gasteiger partial charge in [0.05, 0.1) is 51.0 Å². The summed E-state index contributed by atoms with van der Waals surface area (Å²) in [6.07, 6.45) is 7.87. The van der Waals surface area contributed by atoms with E-state index >= 15 is 0 Å². The third-order valence-corrected chi connectivity index (χ3v) is 14.1. The standard InChI is InChI=1S/C48H59N13O4S/c1-30(25-51-15-14-38(50)39-11-10-35(24-49)31(2)55-39)54-45(62)40-22-36(57-58-40)28-65-21-5-16-59-17-19-60(20-18-59)27-37-23-48(4)42-13-12-41(61(42)47(64)44(48)56-37)46(63)52-26-33-6-8-34(9-7-33)43-32(3)53-29-66-43/h6-11,14-15,22-23,29-30,41-42,44,50-51,56H,5,12-13,16-21,25-28H2,1-4H3,(H,52,63)(H,54,62)(H,57,58)/b15-14-,50-38?/t30-,41-,42?,44+,48?/m0/s1. The number of hydrogen-bond donors (Lipinski definition) is 6. The number of nitrogens with one attached hydrogen (secondary N) is 6. The molecule has 4 aromatic rings. The van der Waals surface area contributed by atoms with E-state index in [4.69, 9.17) is 15.4 Å². The van der Waals surface area contributed by atoms with Crippen LogP contribution in [-0.4, -0.2) is 135 Å². The number of benzene rings is 1. The van der Waals surface area contributed by atoms with Crippen molar-refractivity contribution in [3.63, 3.8) is 0 Å². The number of carbonyl (C=O) groups excluding carboxylic acids is 3. The minimum atomic E-state index is -0.452. The lowest BCUT2D eigenvalue weighted by Gasteiger charge is -2.35. The van der Waals surface area contributed by atoms with Crippen LogP contribution in [0.3, 0.4) is 0 Å². The maximum atomic E-state index is 13.9.